The molecule has 2 unspecified atom stereocenters. The van der Waals surface area contributed by atoms with Crippen LogP contribution < -0.4 is 10.5 Å². The van der Waals surface area contributed by atoms with Crippen molar-refractivity contribution in [1.29, 1.82) is 0 Å². The summed E-state index contributed by atoms with van der Waals surface area (Å²) in [7, 11) is 0. The van der Waals surface area contributed by atoms with E-state index < -0.39 is 11.6 Å². The molecule has 0 spiro atoms. The number of anilines is 1. The third-order valence-corrected chi connectivity index (χ3v) is 3.57. The number of rotatable bonds is 2. The minimum Gasteiger partial charge on any atom is -0.487 e. The van der Waals surface area contributed by atoms with E-state index in [1.165, 1.54) is 18.6 Å². The molecule has 0 aliphatic heterocycles. The van der Waals surface area contributed by atoms with Crippen molar-refractivity contribution in [3.8, 4) is 5.75 Å². The Bertz CT molecular complexity index is 426. The molecule has 2 N–H and O–H groups in total. The summed E-state index contributed by atoms with van der Waals surface area (Å²) in [6.45, 7) is 4.00. The molecule has 0 saturated heterocycles. The van der Waals surface area contributed by atoms with Gasteiger partial charge in [-0.15, -0.1) is 0 Å². The van der Waals surface area contributed by atoms with Gasteiger partial charge in [0.15, 0.2) is 11.6 Å². The first-order valence-electron chi connectivity index (χ1n) is 6.55. The van der Waals surface area contributed by atoms with E-state index in [0.29, 0.717) is 0 Å². The van der Waals surface area contributed by atoms with Crippen LogP contribution in [0.2, 0.25) is 0 Å². The highest BCUT2D eigenvalue weighted by Crippen LogP contribution is 2.52. The molecule has 2 aliphatic carbocycles. The van der Waals surface area contributed by atoms with Crippen LogP contribution >= 0.6 is 0 Å². The third kappa shape index (κ3) is 2.42. The summed E-state index contributed by atoms with van der Waals surface area (Å²) in [4.78, 5) is 0. The summed E-state index contributed by atoms with van der Waals surface area (Å²) >= 11 is 0. The average molecular weight is 255 g/mol. The van der Waals surface area contributed by atoms with E-state index in [1.807, 2.05) is 13.8 Å². The van der Waals surface area contributed by atoms with E-state index >= 15 is 0 Å². The van der Waals surface area contributed by atoms with Crippen LogP contribution in [0.25, 0.3) is 0 Å². The van der Waals surface area contributed by atoms with Crippen LogP contribution in [0.1, 0.15) is 33.1 Å². The maximum absolute atomic E-state index is 13.4. The predicted octanol–water partition coefficient (Wildman–Crippen LogP) is 3.75. The molecule has 0 radical (unpaired) electrons. The fraction of sp³-hybridized carbons (Fsp3) is 0.571. The van der Waals surface area contributed by atoms with Gasteiger partial charge in [0.25, 0.3) is 0 Å². The molecule has 0 heterocycles. The lowest BCUT2D eigenvalue weighted by Crippen LogP contribution is -2.15. The van der Waals surface area contributed by atoms with Crippen LogP contribution in [0, 0.1) is 23.5 Å². The average Bonchev–Trinajstić information content (AvgIpc) is 3.00. The van der Waals surface area contributed by atoms with E-state index in [4.69, 9.17) is 10.5 Å². The van der Waals surface area contributed by atoms with Gasteiger partial charge < -0.3 is 10.5 Å². The van der Waals surface area contributed by atoms with Crippen molar-refractivity contribution in [2.24, 2.45) is 11.8 Å². The second-order valence-corrected chi connectivity index (χ2v) is 4.75. The normalized spacial score (nSPS) is 28.1. The van der Waals surface area contributed by atoms with E-state index in [0.717, 1.165) is 24.7 Å². The number of hydrogen-bond acceptors (Lipinski definition) is 2. The molecule has 0 bridgehead atoms. The topological polar surface area (TPSA) is 35.2 Å². The molecule has 2 atom stereocenters. The van der Waals surface area contributed by atoms with E-state index in [2.05, 4.69) is 0 Å². The first kappa shape index (κ1) is 13.1. The molecule has 1 aromatic rings. The number of fused-ring (bicyclic) bond motifs is 1. The van der Waals surface area contributed by atoms with Gasteiger partial charge in [-0.3, -0.25) is 0 Å². The largest absolute Gasteiger partial charge is 0.487 e. The van der Waals surface area contributed by atoms with Gasteiger partial charge in [0.05, 0.1) is 11.8 Å². The fourth-order valence-electron chi connectivity index (χ4n) is 2.57. The standard InChI is InChI=1S/C12H13F2NO.C2H6/c13-11-9(15)1-2-10(12(11)14)16-8-4-6-3-7(6)5-8;1-2/h1-2,6-8H,3-5,15H2;1-2H3. The molecule has 100 valence electrons. The van der Waals surface area contributed by atoms with Gasteiger partial charge in [0, 0.05) is 0 Å². The molecule has 2 saturated carbocycles. The second kappa shape index (κ2) is 5.12. The molecule has 2 fully saturated rings. The molecule has 2 aliphatic rings. The highest BCUT2D eigenvalue weighted by Gasteiger charge is 2.47. The lowest BCUT2D eigenvalue weighted by Gasteiger charge is -2.16. The number of nitrogen functional groups attached to an aromatic ring is 1. The number of benzene rings is 1. The monoisotopic (exact) mass is 255 g/mol. The maximum Gasteiger partial charge on any atom is 0.202 e. The fourth-order valence-corrected chi connectivity index (χ4v) is 2.57. The minimum atomic E-state index is -1.01. The minimum absolute atomic E-state index is 0.0157. The van der Waals surface area contributed by atoms with E-state index in [9.17, 15) is 8.78 Å². The summed E-state index contributed by atoms with van der Waals surface area (Å²) in [6.07, 6.45) is 3.26. The number of nitrogens with two attached hydrogens (primary N) is 1. The van der Waals surface area contributed by atoms with Gasteiger partial charge in [0.2, 0.25) is 5.82 Å². The smallest absolute Gasteiger partial charge is 0.202 e. The zero-order chi connectivity index (χ0) is 13.3. The van der Waals surface area contributed by atoms with Crippen LogP contribution in [-0.4, -0.2) is 6.10 Å². The van der Waals surface area contributed by atoms with Crippen molar-refractivity contribution < 1.29 is 13.5 Å². The Labute approximate surface area is 106 Å². The summed E-state index contributed by atoms with van der Waals surface area (Å²) in [5.41, 5.74) is 5.07. The number of halogens is 2. The quantitative estimate of drug-likeness (QED) is 0.817. The number of ether oxygens (including phenoxy) is 1. The summed E-state index contributed by atoms with van der Waals surface area (Å²) in [6, 6.07) is 2.74. The predicted molar refractivity (Wildman–Crippen MR) is 67.4 cm³/mol. The van der Waals surface area contributed by atoms with Crippen molar-refractivity contribution in [2.75, 3.05) is 5.73 Å². The van der Waals surface area contributed by atoms with Crippen molar-refractivity contribution in [1.82, 2.24) is 0 Å². The Kier molecular flexibility index (Phi) is 3.73. The highest BCUT2D eigenvalue weighted by atomic mass is 19.2. The van der Waals surface area contributed by atoms with Crippen LogP contribution in [0.15, 0.2) is 12.1 Å². The molecular weight excluding hydrogens is 236 g/mol. The van der Waals surface area contributed by atoms with Crippen LogP contribution in [0.3, 0.4) is 0 Å². The van der Waals surface area contributed by atoms with E-state index in [1.54, 1.807) is 0 Å². The number of hydrogen-bond donors (Lipinski definition) is 1. The van der Waals surface area contributed by atoms with Gasteiger partial charge >= 0.3 is 0 Å². The van der Waals surface area contributed by atoms with Gasteiger partial charge in [0.1, 0.15) is 0 Å². The summed E-state index contributed by atoms with van der Waals surface area (Å²) in [5.74, 6) is -0.488. The molecule has 1 aromatic carbocycles. The molecule has 4 heteroatoms. The third-order valence-electron chi connectivity index (χ3n) is 3.57. The van der Waals surface area contributed by atoms with Gasteiger partial charge in [-0.25, -0.2) is 4.39 Å². The Hall–Kier alpha value is -1.32. The first-order valence-corrected chi connectivity index (χ1v) is 6.55. The molecular formula is C14H19F2NO. The zero-order valence-electron chi connectivity index (χ0n) is 10.7. The van der Waals surface area contributed by atoms with Gasteiger partial charge in [-0.1, -0.05) is 13.8 Å². The Morgan fingerprint density at radius 2 is 1.67 bits per heavy atom. The molecule has 3 rings (SSSR count). The molecule has 0 aromatic heterocycles. The summed E-state index contributed by atoms with van der Waals surface area (Å²) < 4.78 is 32.1. The Balaban J connectivity index is 0.000000574. The summed E-state index contributed by atoms with van der Waals surface area (Å²) in [5, 5.41) is 0. The zero-order valence-corrected chi connectivity index (χ0v) is 10.7. The van der Waals surface area contributed by atoms with Crippen molar-refractivity contribution >= 4 is 5.69 Å². The molecule has 0 amide bonds. The van der Waals surface area contributed by atoms with Crippen molar-refractivity contribution in [2.45, 2.75) is 39.2 Å². The first-order chi connectivity index (χ1) is 8.65. The SMILES string of the molecule is CC.Nc1ccc(OC2CC3CC3C2)c(F)c1F. The Morgan fingerprint density at radius 3 is 2.28 bits per heavy atom. The lowest BCUT2D eigenvalue weighted by molar-refractivity contribution is 0.184. The molecule has 2 nitrogen and oxygen atoms in total. The van der Waals surface area contributed by atoms with Gasteiger partial charge in [-0.05, 0) is 43.2 Å². The van der Waals surface area contributed by atoms with Crippen molar-refractivity contribution in [3.63, 3.8) is 0 Å². The molecule has 18 heavy (non-hydrogen) atoms. The maximum atomic E-state index is 13.4. The van der Waals surface area contributed by atoms with Crippen LogP contribution in [0.4, 0.5) is 14.5 Å². The highest BCUT2D eigenvalue weighted by molar-refractivity contribution is 5.44. The van der Waals surface area contributed by atoms with Crippen molar-refractivity contribution in [3.05, 3.63) is 23.8 Å². The Morgan fingerprint density at radius 1 is 1.06 bits per heavy atom. The van der Waals surface area contributed by atoms with Crippen LogP contribution in [0.5, 0.6) is 5.75 Å². The second-order valence-electron chi connectivity index (χ2n) is 4.75. The van der Waals surface area contributed by atoms with Crippen LogP contribution in [-0.2, 0) is 0 Å². The van der Waals surface area contributed by atoms with Gasteiger partial charge in [-0.2, -0.15) is 4.39 Å². The lowest BCUT2D eigenvalue weighted by atomic mass is 10.2. The van der Waals surface area contributed by atoms with E-state index in [-0.39, 0.29) is 17.5 Å².